The van der Waals surface area contributed by atoms with Crippen LogP contribution in [0, 0.1) is 36.2 Å². The van der Waals surface area contributed by atoms with Crippen molar-refractivity contribution in [2.75, 3.05) is 44.2 Å². The maximum Gasteiger partial charge on any atom is 0.262 e. The van der Waals surface area contributed by atoms with E-state index in [0.717, 1.165) is 74.6 Å². The van der Waals surface area contributed by atoms with Crippen molar-refractivity contribution in [3.8, 4) is 17.6 Å². The Kier molecular flexibility index (Phi) is 9.71. The first-order valence-electron chi connectivity index (χ1n) is 19.7. The van der Waals surface area contributed by atoms with Gasteiger partial charge in [0.15, 0.2) is 0 Å². The summed E-state index contributed by atoms with van der Waals surface area (Å²) in [6.45, 7) is 12.6. The molecule has 5 amide bonds. The van der Waals surface area contributed by atoms with E-state index in [1.54, 1.807) is 30.3 Å². The normalized spacial score (nSPS) is 24.8. The van der Waals surface area contributed by atoms with Crippen molar-refractivity contribution in [2.24, 2.45) is 17.8 Å². The maximum atomic E-state index is 13.6. The number of hydrogen-bond acceptors (Lipinski definition) is 8. The van der Waals surface area contributed by atoms with Gasteiger partial charge in [0.05, 0.1) is 28.8 Å². The first kappa shape index (κ1) is 36.9. The van der Waals surface area contributed by atoms with Gasteiger partial charge in [-0.05, 0) is 99.8 Å². The highest BCUT2D eigenvalue weighted by Crippen LogP contribution is 2.42. The molecule has 13 heteroatoms. The van der Waals surface area contributed by atoms with Crippen LogP contribution in [-0.2, 0) is 9.59 Å². The molecule has 1 N–H and O–H groups in total. The lowest BCUT2D eigenvalue weighted by atomic mass is 9.93. The van der Waals surface area contributed by atoms with Crippen LogP contribution in [0.5, 0.6) is 5.75 Å². The van der Waals surface area contributed by atoms with Gasteiger partial charge in [-0.3, -0.25) is 34.2 Å². The van der Waals surface area contributed by atoms with E-state index in [1.807, 2.05) is 35.2 Å². The fraction of sp³-hybridized carbons (Fsp3) is 0.409. The largest absolute Gasteiger partial charge is 0.488 e. The van der Waals surface area contributed by atoms with Crippen LogP contribution >= 0.6 is 11.6 Å². The smallest absolute Gasteiger partial charge is 0.262 e. The molecule has 290 valence electrons. The van der Waals surface area contributed by atoms with Gasteiger partial charge in [-0.25, -0.2) is 4.85 Å². The number of rotatable bonds is 7. The Labute approximate surface area is 335 Å². The van der Waals surface area contributed by atoms with Crippen LogP contribution in [0.1, 0.15) is 75.2 Å². The number of fused-ring (bicyclic) bond motifs is 3. The molecule has 9 rings (SSSR count). The molecule has 5 fully saturated rings. The SMILES string of the molecule is [C-]#[N+]c1ccc(OC2C3CCC2N(C(=O)c2ccc(C#CC4CCN(CC5CN(c6ccc7c(c6)C(=O)N(C6CCC(=O)NC6=O)C7=O)C5)CC4)cc2)C3)cc1Cl. The zero-order valence-electron chi connectivity index (χ0n) is 31.3. The van der Waals surface area contributed by atoms with Crippen LogP contribution < -0.4 is 15.0 Å². The van der Waals surface area contributed by atoms with Crippen LogP contribution in [0.3, 0.4) is 0 Å². The van der Waals surface area contributed by atoms with E-state index in [4.69, 9.17) is 22.9 Å². The van der Waals surface area contributed by atoms with Gasteiger partial charge in [0.25, 0.3) is 17.7 Å². The summed E-state index contributed by atoms with van der Waals surface area (Å²) >= 11 is 6.23. The summed E-state index contributed by atoms with van der Waals surface area (Å²) < 4.78 is 6.32. The molecule has 4 atom stereocenters. The van der Waals surface area contributed by atoms with E-state index in [1.165, 1.54) is 0 Å². The Bertz CT molecular complexity index is 2280. The molecular weight excluding hydrogens is 744 g/mol. The first-order chi connectivity index (χ1) is 27.6. The van der Waals surface area contributed by atoms with Crippen molar-refractivity contribution >= 4 is 52.5 Å². The number of halogens is 1. The molecule has 5 aliphatic heterocycles. The van der Waals surface area contributed by atoms with Crippen LogP contribution in [0.25, 0.3) is 4.85 Å². The Morgan fingerprint density at radius 1 is 0.895 bits per heavy atom. The number of amides is 5. The summed E-state index contributed by atoms with van der Waals surface area (Å²) in [6.07, 6.45) is 4.05. The zero-order valence-corrected chi connectivity index (χ0v) is 32.0. The van der Waals surface area contributed by atoms with Gasteiger partial charge in [0.2, 0.25) is 17.5 Å². The third kappa shape index (κ3) is 7.02. The fourth-order valence-corrected chi connectivity index (χ4v) is 9.60. The second-order valence-electron chi connectivity index (χ2n) is 16.0. The summed E-state index contributed by atoms with van der Waals surface area (Å²) in [5, 5.41) is 2.60. The van der Waals surface area contributed by atoms with Crippen molar-refractivity contribution in [3.63, 3.8) is 0 Å². The quantitative estimate of drug-likeness (QED) is 0.198. The number of carbonyl (C=O) groups excluding carboxylic acids is 5. The fourth-order valence-electron chi connectivity index (χ4n) is 9.39. The number of anilines is 1. The third-order valence-corrected chi connectivity index (χ3v) is 12.8. The number of imide groups is 2. The zero-order chi connectivity index (χ0) is 39.4. The standard InChI is InChI=1S/C44H41ClN6O6/c1-46-36-12-10-32(21-35(36)45)57-40-30-8-13-37(40)50(25-30)42(54)29-6-4-26(5-7-29)2-3-27-16-18-48(19-17-27)22-28-23-49(24-28)31-9-11-33-34(20-31)44(56)51(43(33)55)38-14-15-39(52)47-41(38)53/h4-7,9-12,20-21,27-28,30,37-38,40H,8,13-19,22-25H2,(H,47,52,53). The molecule has 5 heterocycles. The molecule has 0 aromatic heterocycles. The lowest BCUT2D eigenvalue weighted by Crippen LogP contribution is -2.54. The number of hydrogen-bond donors (Lipinski definition) is 1. The number of benzene rings is 3. The number of nitrogens with one attached hydrogen (secondary N) is 1. The Morgan fingerprint density at radius 3 is 2.40 bits per heavy atom. The Morgan fingerprint density at radius 2 is 1.67 bits per heavy atom. The summed E-state index contributed by atoms with van der Waals surface area (Å²) in [7, 11) is 0. The molecule has 2 bridgehead atoms. The van der Waals surface area contributed by atoms with Gasteiger partial charge in [-0.1, -0.05) is 29.5 Å². The van der Waals surface area contributed by atoms with Gasteiger partial charge in [0, 0.05) is 67.2 Å². The van der Waals surface area contributed by atoms with E-state index in [0.29, 0.717) is 51.5 Å². The number of carbonyl (C=O) groups is 5. The molecule has 3 aromatic rings. The topological polar surface area (TPSA) is 124 Å². The minimum absolute atomic E-state index is 0.00161. The molecule has 0 spiro atoms. The van der Waals surface area contributed by atoms with Crippen molar-refractivity contribution in [2.45, 2.75) is 56.7 Å². The summed E-state index contributed by atoms with van der Waals surface area (Å²) in [4.78, 5) is 75.0. The second kappa shape index (κ2) is 15.0. The molecule has 0 radical (unpaired) electrons. The van der Waals surface area contributed by atoms with E-state index in [-0.39, 0.29) is 36.8 Å². The first-order valence-corrected chi connectivity index (χ1v) is 20.1. The maximum absolute atomic E-state index is 13.6. The molecule has 6 aliphatic rings. The van der Waals surface area contributed by atoms with Crippen molar-refractivity contribution in [1.29, 1.82) is 0 Å². The highest BCUT2D eigenvalue weighted by atomic mass is 35.5. The Balaban J connectivity index is 0.726. The predicted molar refractivity (Wildman–Crippen MR) is 211 cm³/mol. The van der Waals surface area contributed by atoms with Gasteiger partial charge < -0.3 is 19.4 Å². The number of ether oxygens (including phenoxy) is 1. The van der Waals surface area contributed by atoms with Crippen LogP contribution in [0.15, 0.2) is 60.7 Å². The average Bonchev–Trinajstić information content (AvgIpc) is 3.83. The number of piperidine rings is 3. The molecular formula is C44H41ClN6O6. The average molecular weight is 785 g/mol. The summed E-state index contributed by atoms with van der Waals surface area (Å²) in [5.74, 6) is 6.55. The van der Waals surface area contributed by atoms with Gasteiger partial charge >= 0.3 is 0 Å². The molecule has 57 heavy (non-hydrogen) atoms. The Hall–Kier alpha value is -5.69. The second-order valence-corrected chi connectivity index (χ2v) is 16.4. The number of nitrogens with zero attached hydrogens (tertiary/aromatic N) is 5. The van der Waals surface area contributed by atoms with Gasteiger partial charge in [0.1, 0.15) is 17.9 Å². The molecule has 1 aliphatic carbocycles. The minimum Gasteiger partial charge on any atom is -0.488 e. The summed E-state index contributed by atoms with van der Waals surface area (Å²) in [6, 6.07) is 17.1. The van der Waals surface area contributed by atoms with Crippen molar-refractivity contribution in [3.05, 3.63) is 99.4 Å². The van der Waals surface area contributed by atoms with E-state index >= 15 is 0 Å². The highest BCUT2D eigenvalue weighted by Gasteiger charge is 2.50. The molecule has 12 nitrogen and oxygen atoms in total. The molecule has 4 unspecified atom stereocenters. The summed E-state index contributed by atoms with van der Waals surface area (Å²) in [5.41, 5.74) is 3.42. The monoisotopic (exact) mass is 784 g/mol. The minimum atomic E-state index is -0.970. The van der Waals surface area contributed by atoms with Crippen LogP contribution in [0.4, 0.5) is 11.4 Å². The molecule has 4 saturated heterocycles. The van der Waals surface area contributed by atoms with Gasteiger partial charge in [-0.15, -0.1) is 0 Å². The lowest BCUT2D eigenvalue weighted by molar-refractivity contribution is -0.136. The van der Waals surface area contributed by atoms with E-state index in [9.17, 15) is 24.0 Å². The van der Waals surface area contributed by atoms with E-state index < -0.39 is 29.7 Å². The van der Waals surface area contributed by atoms with Crippen molar-refractivity contribution in [1.82, 2.24) is 20.0 Å². The predicted octanol–water partition coefficient (Wildman–Crippen LogP) is 5.17. The molecule has 1 saturated carbocycles. The van der Waals surface area contributed by atoms with Crippen LogP contribution in [0.2, 0.25) is 5.02 Å². The third-order valence-electron chi connectivity index (χ3n) is 12.5. The highest BCUT2D eigenvalue weighted by molar-refractivity contribution is 6.33. The van der Waals surface area contributed by atoms with Crippen molar-refractivity contribution < 1.29 is 28.7 Å². The lowest BCUT2D eigenvalue weighted by Gasteiger charge is -2.44. The number of likely N-dealkylation sites (tertiary alicyclic amines) is 2. The van der Waals surface area contributed by atoms with Gasteiger partial charge in [-0.2, -0.15) is 0 Å². The van der Waals surface area contributed by atoms with Crippen LogP contribution in [-0.4, -0.2) is 102 Å². The molecule has 3 aromatic carbocycles. The van der Waals surface area contributed by atoms with E-state index in [2.05, 4.69) is 31.8 Å².